The van der Waals surface area contributed by atoms with Gasteiger partial charge in [0, 0.05) is 17.8 Å². The molecule has 0 aliphatic heterocycles. The predicted molar refractivity (Wildman–Crippen MR) is 140 cm³/mol. The van der Waals surface area contributed by atoms with E-state index in [9.17, 15) is 35.5 Å². The molecule has 1 fully saturated rings. The summed E-state index contributed by atoms with van der Waals surface area (Å²) in [7, 11) is 0. The van der Waals surface area contributed by atoms with Gasteiger partial charge in [0.25, 0.3) is 12.0 Å². The lowest BCUT2D eigenvalue weighted by molar-refractivity contribution is -0.138. The summed E-state index contributed by atoms with van der Waals surface area (Å²) >= 11 is 0. The summed E-state index contributed by atoms with van der Waals surface area (Å²) in [5, 5.41) is 4.22. The molecule has 4 aromatic rings. The minimum absolute atomic E-state index is 0.0255. The summed E-state index contributed by atoms with van der Waals surface area (Å²) in [6.07, 6.45) is -4.61. The van der Waals surface area contributed by atoms with Crippen LogP contribution in [0.4, 0.5) is 30.7 Å². The highest BCUT2D eigenvalue weighted by Gasteiger charge is 2.34. The number of halogens is 7. The number of pyridine rings is 2. The van der Waals surface area contributed by atoms with E-state index in [1.165, 1.54) is 30.5 Å². The highest BCUT2D eigenvalue weighted by molar-refractivity contribution is 5.55. The third-order valence-corrected chi connectivity index (χ3v) is 7.63. The smallest absolute Gasteiger partial charge is 0.267 e. The van der Waals surface area contributed by atoms with E-state index in [-0.39, 0.29) is 28.8 Å². The fourth-order valence-electron chi connectivity index (χ4n) is 5.69. The number of hydrogen-bond donors (Lipinski definition) is 0. The van der Waals surface area contributed by atoms with Crippen molar-refractivity contribution in [1.29, 1.82) is 0 Å². The van der Waals surface area contributed by atoms with E-state index < -0.39 is 53.3 Å². The lowest BCUT2D eigenvalue weighted by Crippen LogP contribution is -2.31. The van der Waals surface area contributed by atoms with Crippen molar-refractivity contribution in [2.75, 3.05) is 0 Å². The highest BCUT2D eigenvalue weighted by Crippen LogP contribution is 2.42. The normalized spacial score (nSPS) is 17.5. The van der Waals surface area contributed by atoms with Crippen molar-refractivity contribution in [3.63, 3.8) is 0 Å². The van der Waals surface area contributed by atoms with E-state index in [0.717, 1.165) is 28.9 Å². The second-order valence-electron chi connectivity index (χ2n) is 10.4. The monoisotopic (exact) mass is 590 g/mol. The minimum atomic E-state index is -4.73. The van der Waals surface area contributed by atoms with Gasteiger partial charge in [-0.1, -0.05) is 6.07 Å². The van der Waals surface area contributed by atoms with Crippen molar-refractivity contribution in [3.05, 3.63) is 110 Å². The summed E-state index contributed by atoms with van der Waals surface area (Å²) < 4.78 is 96.9. The minimum Gasteiger partial charge on any atom is -0.267 e. The van der Waals surface area contributed by atoms with E-state index >= 15 is 0 Å². The third kappa shape index (κ3) is 6.07. The maximum atomic E-state index is 14.6. The molecule has 3 aromatic heterocycles. The van der Waals surface area contributed by atoms with Crippen LogP contribution >= 0.6 is 0 Å². The van der Waals surface area contributed by atoms with Gasteiger partial charge in [-0.15, -0.1) is 0 Å². The maximum Gasteiger partial charge on any atom is 0.418 e. The average Bonchev–Trinajstić information content (AvgIpc) is 2.94. The number of aryl methyl sites for hydroxylation is 1. The van der Waals surface area contributed by atoms with Gasteiger partial charge in [0.2, 0.25) is 0 Å². The molecule has 0 amide bonds. The molecule has 220 valence electrons. The van der Waals surface area contributed by atoms with Gasteiger partial charge in [-0.05, 0) is 92.0 Å². The number of rotatable bonds is 6. The van der Waals surface area contributed by atoms with E-state index in [1.54, 1.807) is 6.92 Å². The first-order chi connectivity index (χ1) is 19.9. The average molecular weight is 591 g/mol. The molecular formula is C30H25F7N4O. The van der Waals surface area contributed by atoms with Gasteiger partial charge in [-0.2, -0.15) is 18.3 Å². The molecule has 0 N–H and O–H groups in total. The Hall–Kier alpha value is -4.09. The molecule has 42 heavy (non-hydrogen) atoms. The molecule has 1 saturated carbocycles. The van der Waals surface area contributed by atoms with Crippen molar-refractivity contribution in [1.82, 2.24) is 19.7 Å². The molecule has 5 rings (SSSR count). The van der Waals surface area contributed by atoms with Gasteiger partial charge < -0.3 is 0 Å². The molecule has 0 saturated heterocycles. The first-order valence-corrected chi connectivity index (χ1v) is 13.3. The van der Waals surface area contributed by atoms with Crippen molar-refractivity contribution < 1.29 is 30.7 Å². The van der Waals surface area contributed by atoms with E-state index in [4.69, 9.17) is 0 Å². The van der Waals surface area contributed by atoms with Crippen LogP contribution in [0.25, 0.3) is 11.4 Å². The van der Waals surface area contributed by atoms with Crippen molar-refractivity contribution in [2.24, 2.45) is 0 Å². The molecule has 0 radical (unpaired) electrons. The van der Waals surface area contributed by atoms with Crippen molar-refractivity contribution in [3.8, 4) is 11.4 Å². The number of benzene rings is 1. The standard InChI is InChI=1S/C30H25F7N4O/c1-16-12-19(31)13-22(32)27(16)18-9-7-17(8-10-18)20-14-25(23-5-2-6-24(39-23)28(33)34)40-41(29(20)42)15-26-21(30(35,36)37)4-3-11-38-26/h2-6,11-14,17-18,28H,7-10,15H2,1H3. The molecule has 0 bridgehead atoms. The Labute approximate surface area is 236 Å². The van der Waals surface area contributed by atoms with Crippen LogP contribution in [0.1, 0.15) is 77.6 Å². The topological polar surface area (TPSA) is 60.7 Å². The third-order valence-electron chi connectivity index (χ3n) is 7.63. The summed E-state index contributed by atoms with van der Waals surface area (Å²) in [6.45, 7) is 1.02. The van der Waals surface area contributed by atoms with Gasteiger partial charge in [-0.3, -0.25) is 9.78 Å². The Balaban J connectivity index is 1.54. The largest absolute Gasteiger partial charge is 0.418 e. The second kappa shape index (κ2) is 11.7. The molecule has 3 heterocycles. The number of hydrogen-bond acceptors (Lipinski definition) is 4. The molecular weight excluding hydrogens is 565 g/mol. The van der Waals surface area contributed by atoms with Crippen LogP contribution in [0.2, 0.25) is 0 Å². The van der Waals surface area contributed by atoms with Gasteiger partial charge in [0.05, 0.1) is 23.5 Å². The van der Waals surface area contributed by atoms with Crippen LogP contribution in [0.15, 0.2) is 59.5 Å². The fraction of sp³-hybridized carbons (Fsp3) is 0.333. The number of nitrogens with zero attached hydrogens (tertiary/aromatic N) is 4. The zero-order valence-electron chi connectivity index (χ0n) is 22.3. The molecule has 1 aromatic carbocycles. The van der Waals surface area contributed by atoms with Crippen LogP contribution in [-0.4, -0.2) is 19.7 Å². The zero-order chi connectivity index (χ0) is 30.2. The maximum absolute atomic E-state index is 14.6. The van der Waals surface area contributed by atoms with Crippen LogP contribution in [0, 0.1) is 18.6 Å². The quantitative estimate of drug-likeness (QED) is 0.216. The van der Waals surface area contributed by atoms with Gasteiger partial charge >= 0.3 is 6.18 Å². The van der Waals surface area contributed by atoms with E-state index in [1.807, 2.05) is 0 Å². The SMILES string of the molecule is Cc1cc(F)cc(F)c1C1CCC(c2cc(-c3cccc(C(F)F)n3)nn(Cc3ncccc3C(F)(F)F)c2=O)CC1. The second-order valence-corrected chi connectivity index (χ2v) is 10.4. The van der Waals surface area contributed by atoms with Crippen molar-refractivity contribution >= 4 is 0 Å². The predicted octanol–water partition coefficient (Wildman–Crippen LogP) is 7.73. The van der Waals surface area contributed by atoms with E-state index in [2.05, 4.69) is 15.1 Å². The van der Waals surface area contributed by atoms with Gasteiger partial charge in [-0.25, -0.2) is 27.2 Å². The Morgan fingerprint density at radius 3 is 2.33 bits per heavy atom. The molecule has 5 nitrogen and oxygen atoms in total. The van der Waals surface area contributed by atoms with Gasteiger partial charge in [0.15, 0.2) is 0 Å². The first-order valence-electron chi connectivity index (χ1n) is 13.3. The fourth-order valence-corrected chi connectivity index (χ4v) is 5.69. The molecule has 0 atom stereocenters. The summed E-state index contributed by atoms with van der Waals surface area (Å²) in [4.78, 5) is 21.4. The van der Waals surface area contributed by atoms with Crippen LogP contribution < -0.4 is 5.56 Å². The lowest BCUT2D eigenvalue weighted by Gasteiger charge is -2.30. The summed E-state index contributed by atoms with van der Waals surface area (Å²) in [5.74, 6) is -1.88. The van der Waals surface area contributed by atoms with Crippen LogP contribution in [0.5, 0.6) is 0 Å². The Morgan fingerprint density at radius 1 is 0.952 bits per heavy atom. The Morgan fingerprint density at radius 2 is 1.67 bits per heavy atom. The molecule has 1 aliphatic rings. The molecule has 0 spiro atoms. The lowest BCUT2D eigenvalue weighted by atomic mass is 9.75. The number of aromatic nitrogens is 4. The first kappa shape index (κ1) is 29.4. The van der Waals surface area contributed by atoms with Crippen molar-refractivity contribution in [2.45, 2.75) is 63.6 Å². The number of alkyl halides is 5. The summed E-state index contributed by atoms with van der Waals surface area (Å²) in [6, 6.07) is 9.44. The van der Waals surface area contributed by atoms with Crippen LogP contribution in [-0.2, 0) is 12.7 Å². The molecule has 1 aliphatic carbocycles. The van der Waals surface area contributed by atoms with E-state index in [0.29, 0.717) is 36.8 Å². The molecule has 0 unspecified atom stereocenters. The molecule has 12 heteroatoms. The Bertz CT molecular complexity index is 1640. The zero-order valence-corrected chi connectivity index (χ0v) is 22.3. The van der Waals surface area contributed by atoms with Gasteiger partial charge in [0.1, 0.15) is 23.0 Å². The Kier molecular flexibility index (Phi) is 8.16. The summed E-state index contributed by atoms with van der Waals surface area (Å²) in [5.41, 5.74) is -1.40. The highest BCUT2D eigenvalue weighted by atomic mass is 19.4. The van der Waals surface area contributed by atoms with Crippen LogP contribution in [0.3, 0.4) is 0 Å².